The summed E-state index contributed by atoms with van der Waals surface area (Å²) in [6.07, 6.45) is 0.649. The summed E-state index contributed by atoms with van der Waals surface area (Å²) in [5.41, 5.74) is -0.731. The summed E-state index contributed by atoms with van der Waals surface area (Å²) in [6.45, 7) is 7.27. The molecule has 1 atom stereocenters. The molecule has 0 aromatic rings. The van der Waals surface area contributed by atoms with Gasteiger partial charge in [-0.15, -0.1) is 23.2 Å². The lowest BCUT2D eigenvalue weighted by molar-refractivity contribution is -0.191. The third-order valence-electron chi connectivity index (χ3n) is 2.57. The van der Waals surface area contributed by atoms with Crippen LogP contribution in [0.15, 0.2) is 0 Å². The zero-order chi connectivity index (χ0) is 14.6. The second-order valence-electron chi connectivity index (χ2n) is 4.05. The average Bonchev–Trinajstić information content (AvgIpc) is 2.40. The summed E-state index contributed by atoms with van der Waals surface area (Å²) in [4.78, 5) is 0. The molecular formula is C12H26Cl2O4Si. The first kappa shape index (κ1) is 19.6. The topological polar surface area (TPSA) is 36.9 Å². The Labute approximate surface area is 129 Å². The predicted molar refractivity (Wildman–Crippen MR) is 82.5 cm³/mol. The molecule has 0 bridgehead atoms. The molecule has 0 fully saturated rings. The first-order valence-corrected chi connectivity index (χ1v) is 8.71. The first-order valence-electron chi connectivity index (χ1n) is 6.74. The highest BCUT2D eigenvalue weighted by Gasteiger charge is 2.34. The van der Waals surface area contributed by atoms with Crippen LogP contribution in [0.3, 0.4) is 0 Å². The predicted octanol–water partition coefficient (Wildman–Crippen LogP) is 1.35. The minimum Gasteiger partial charge on any atom is -0.379 e. The molecule has 4 nitrogen and oxygen atoms in total. The average molecular weight is 333 g/mol. The molecule has 7 heteroatoms. The Bertz CT molecular complexity index is 198. The van der Waals surface area contributed by atoms with Crippen molar-refractivity contribution < 1.29 is 18.9 Å². The molecule has 116 valence electrons. The van der Waals surface area contributed by atoms with Crippen molar-refractivity contribution in [2.24, 2.45) is 0 Å². The molecule has 0 aliphatic rings. The van der Waals surface area contributed by atoms with E-state index in [1.54, 1.807) is 0 Å². The Morgan fingerprint density at radius 3 is 1.84 bits per heavy atom. The van der Waals surface area contributed by atoms with E-state index in [4.69, 9.17) is 42.1 Å². The molecule has 0 N–H and O–H groups in total. The van der Waals surface area contributed by atoms with Gasteiger partial charge in [-0.3, -0.25) is 0 Å². The van der Waals surface area contributed by atoms with Crippen molar-refractivity contribution in [1.29, 1.82) is 0 Å². The highest BCUT2D eigenvalue weighted by molar-refractivity contribution is 6.28. The van der Waals surface area contributed by atoms with Crippen LogP contribution >= 0.6 is 23.2 Å². The van der Waals surface area contributed by atoms with Gasteiger partial charge in [0.05, 0.1) is 42.0 Å². The molecule has 19 heavy (non-hydrogen) atoms. The summed E-state index contributed by atoms with van der Waals surface area (Å²) >= 11 is 12.1. The second kappa shape index (κ2) is 12.4. The highest BCUT2D eigenvalue weighted by atomic mass is 35.5. The van der Waals surface area contributed by atoms with Crippen LogP contribution in [-0.4, -0.2) is 66.6 Å². The minimum absolute atomic E-state index is 0.250. The van der Waals surface area contributed by atoms with E-state index in [2.05, 4.69) is 0 Å². The van der Waals surface area contributed by atoms with Gasteiger partial charge in [0.15, 0.2) is 5.41 Å². The molecular weight excluding hydrogens is 307 g/mol. The van der Waals surface area contributed by atoms with E-state index in [9.17, 15) is 0 Å². The van der Waals surface area contributed by atoms with Crippen LogP contribution in [0.5, 0.6) is 0 Å². The lowest BCUT2D eigenvalue weighted by Crippen LogP contribution is -2.47. The molecule has 0 aliphatic heterocycles. The van der Waals surface area contributed by atoms with Crippen LogP contribution in [0, 0.1) is 0 Å². The van der Waals surface area contributed by atoms with Crippen LogP contribution in [0.1, 0.15) is 20.3 Å². The van der Waals surface area contributed by atoms with Crippen molar-refractivity contribution in [3.05, 3.63) is 0 Å². The van der Waals surface area contributed by atoms with Crippen LogP contribution in [0.4, 0.5) is 0 Å². The maximum Gasteiger partial charge on any atom is 0.157 e. The summed E-state index contributed by atoms with van der Waals surface area (Å²) in [7, 11) is 0.657. The fourth-order valence-electron chi connectivity index (χ4n) is 1.48. The Balaban J connectivity index is 4.18. The quantitative estimate of drug-likeness (QED) is 0.221. The zero-order valence-electron chi connectivity index (χ0n) is 12.1. The normalized spacial score (nSPS) is 13.9. The molecule has 0 amide bonds. The van der Waals surface area contributed by atoms with Gasteiger partial charge in [-0.05, 0) is 20.3 Å². The molecule has 0 aliphatic carbocycles. The summed E-state index contributed by atoms with van der Waals surface area (Å²) in [6, 6.07) is 0. The van der Waals surface area contributed by atoms with Gasteiger partial charge >= 0.3 is 0 Å². The smallest absolute Gasteiger partial charge is 0.157 e. The SMILES string of the molecule is CCOCCOC([SiH3])(OCCOCC)C(Cl)CCCl. The van der Waals surface area contributed by atoms with E-state index < -0.39 is 5.41 Å². The number of hydrogen-bond donors (Lipinski definition) is 0. The third-order valence-corrected chi connectivity index (χ3v) is 5.05. The van der Waals surface area contributed by atoms with Gasteiger partial charge in [-0.1, -0.05) is 0 Å². The maximum atomic E-state index is 6.33. The summed E-state index contributed by atoms with van der Waals surface area (Å²) in [5, 5.41) is -0.250. The molecule has 0 spiro atoms. The third kappa shape index (κ3) is 9.23. The van der Waals surface area contributed by atoms with Crippen LogP contribution < -0.4 is 0 Å². The van der Waals surface area contributed by atoms with Crippen LogP contribution in [0.2, 0.25) is 0 Å². The zero-order valence-corrected chi connectivity index (χ0v) is 15.6. The molecule has 0 saturated carbocycles. The lowest BCUT2D eigenvalue weighted by Gasteiger charge is -2.34. The van der Waals surface area contributed by atoms with Crippen LogP contribution in [0.25, 0.3) is 0 Å². The van der Waals surface area contributed by atoms with Crippen molar-refractivity contribution in [3.8, 4) is 0 Å². The minimum atomic E-state index is -0.731. The van der Waals surface area contributed by atoms with Crippen molar-refractivity contribution in [3.63, 3.8) is 0 Å². The fourth-order valence-corrected chi connectivity index (χ4v) is 2.74. The Kier molecular flexibility index (Phi) is 12.8. The monoisotopic (exact) mass is 332 g/mol. The van der Waals surface area contributed by atoms with E-state index in [0.717, 1.165) is 0 Å². The largest absolute Gasteiger partial charge is 0.379 e. The number of hydrogen-bond acceptors (Lipinski definition) is 4. The highest BCUT2D eigenvalue weighted by Crippen LogP contribution is 2.23. The Morgan fingerprint density at radius 1 is 1.00 bits per heavy atom. The van der Waals surface area contributed by atoms with E-state index >= 15 is 0 Å². The number of halogens is 2. The molecule has 0 aromatic heterocycles. The van der Waals surface area contributed by atoms with Crippen molar-refractivity contribution >= 4 is 33.4 Å². The maximum absolute atomic E-state index is 6.33. The summed E-state index contributed by atoms with van der Waals surface area (Å²) < 4.78 is 22.1. The van der Waals surface area contributed by atoms with E-state index in [-0.39, 0.29) is 5.38 Å². The molecule has 0 saturated heterocycles. The molecule has 0 heterocycles. The summed E-state index contributed by atoms with van der Waals surface area (Å²) in [5.74, 6) is 0.488. The van der Waals surface area contributed by atoms with Crippen molar-refractivity contribution in [2.45, 2.75) is 31.1 Å². The number of alkyl halides is 2. The number of ether oxygens (including phenoxy) is 4. The standard InChI is InChI=1S/C12H26Cl2O4Si/c1-3-15-7-9-17-12(19,11(14)5-6-13)18-10-8-16-4-2/h11H,3-10H2,1-2,19H3. The van der Waals surface area contributed by atoms with Gasteiger partial charge in [0.2, 0.25) is 0 Å². The van der Waals surface area contributed by atoms with Gasteiger partial charge in [-0.25, -0.2) is 0 Å². The Hall–Kier alpha value is 0.637. The van der Waals surface area contributed by atoms with E-state index in [1.807, 2.05) is 13.8 Å². The van der Waals surface area contributed by atoms with E-state index in [0.29, 0.717) is 62.2 Å². The lowest BCUT2D eigenvalue weighted by atomic mass is 10.3. The Morgan fingerprint density at radius 2 is 1.47 bits per heavy atom. The van der Waals surface area contributed by atoms with Crippen molar-refractivity contribution in [2.75, 3.05) is 45.5 Å². The molecule has 0 radical (unpaired) electrons. The second-order valence-corrected chi connectivity index (χ2v) is 6.35. The number of rotatable bonds is 13. The van der Waals surface area contributed by atoms with Gasteiger partial charge in [0.1, 0.15) is 0 Å². The van der Waals surface area contributed by atoms with Gasteiger partial charge in [0.25, 0.3) is 0 Å². The molecule has 1 unspecified atom stereocenters. The molecule has 0 aromatic carbocycles. The van der Waals surface area contributed by atoms with Gasteiger partial charge in [0, 0.05) is 19.1 Å². The fraction of sp³-hybridized carbons (Fsp3) is 1.00. The van der Waals surface area contributed by atoms with Gasteiger partial charge < -0.3 is 18.9 Å². The van der Waals surface area contributed by atoms with Crippen LogP contribution in [-0.2, 0) is 18.9 Å². The van der Waals surface area contributed by atoms with Gasteiger partial charge in [-0.2, -0.15) is 0 Å². The van der Waals surface area contributed by atoms with Crippen molar-refractivity contribution in [1.82, 2.24) is 0 Å². The van der Waals surface area contributed by atoms with E-state index in [1.165, 1.54) is 0 Å². The first-order chi connectivity index (χ1) is 9.10. The molecule has 0 rings (SSSR count).